The summed E-state index contributed by atoms with van der Waals surface area (Å²) in [7, 11) is 0. The molecular weight excluding hydrogens is 588 g/mol. The molecule has 10 atom stereocenters. The zero-order valence-electron chi connectivity index (χ0n) is 28.1. The van der Waals surface area contributed by atoms with Gasteiger partial charge in [-0.2, -0.15) is 0 Å². The largest absolute Gasteiger partial charge is 0.504 e. The van der Waals surface area contributed by atoms with Gasteiger partial charge in [0.25, 0.3) is 0 Å². The number of rotatable bonds is 4. The summed E-state index contributed by atoms with van der Waals surface area (Å²) in [4.78, 5) is 26.0. The fourth-order valence-electron chi connectivity index (χ4n) is 11.8. The molecule has 4 fully saturated rings. The van der Waals surface area contributed by atoms with Gasteiger partial charge in [0.1, 0.15) is 0 Å². The number of aromatic hydroxyl groups is 3. The average Bonchev–Trinajstić information content (AvgIpc) is 2.97. The van der Waals surface area contributed by atoms with E-state index >= 15 is 0 Å². The Hall–Kier alpha value is -2.78. The molecule has 5 aliphatic rings. The molecule has 46 heavy (non-hydrogen) atoms. The van der Waals surface area contributed by atoms with Gasteiger partial charge < -0.3 is 35.4 Å². The van der Waals surface area contributed by atoms with Gasteiger partial charge in [-0.15, -0.1) is 0 Å². The van der Waals surface area contributed by atoms with Gasteiger partial charge in [-0.1, -0.05) is 53.2 Å². The first-order valence-corrected chi connectivity index (χ1v) is 17.0. The highest BCUT2D eigenvalue weighted by atomic mass is 16.5. The van der Waals surface area contributed by atoms with E-state index in [1.807, 2.05) is 6.92 Å². The van der Waals surface area contributed by atoms with E-state index < -0.39 is 57.6 Å². The number of hydrogen-bond acceptors (Lipinski definition) is 8. The van der Waals surface area contributed by atoms with Crippen LogP contribution >= 0.6 is 0 Å². The molecule has 0 unspecified atom stereocenters. The molecule has 0 aromatic heterocycles. The molecule has 1 aromatic carbocycles. The van der Waals surface area contributed by atoms with Crippen LogP contribution in [-0.4, -0.2) is 61.4 Å². The van der Waals surface area contributed by atoms with Crippen molar-refractivity contribution >= 4 is 11.9 Å². The Morgan fingerprint density at radius 3 is 2.13 bits per heavy atom. The number of aliphatic carboxylic acids is 1. The number of ether oxygens (including phenoxy) is 1. The minimum absolute atomic E-state index is 0.00183. The number of aliphatic hydroxyl groups is 2. The number of benzene rings is 1. The predicted molar refractivity (Wildman–Crippen MR) is 170 cm³/mol. The van der Waals surface area contributed by atoms with E-state index in [-0.39, 0.29) is 46.2 Å². The van der Waals surface area contributed by atoms with Crippen LogP contribution in [0.1, 0.15) is 110 Å². The van der Waals surface area contributed by atoms with Crippen LogP contribution in [0.25, 0.3) is 0 Å². The predicted octanol–water partition coefficient (Wildman–Crippen LogP) is 6.16. The van der Waals surface area contributed by atoms with Crippen molar-refractivity contribution in [3.8, 4) is 17.2 Å². The molecule has 0 aliphatic heterocycles. The number of fused-ring (bicyclic) bond motifs is 7. The van der Waals surface area contributed by atoms with Gasteiger partial charge in [0, 0.05) is 5.41 Å². The monoisotopic (exact) mass is 640 g/mol. The van der Waals surface area contributed by atoms with Gasteiger partial charge in [0.05, 0.1) is 29.8 Å². The van der Waals surface area contributed by atoms with Gasteiger partial charge in [0.15, 0.2) is 17.2 Å². The van der Waals surface area contributed by atoms with Crippen molar-refractivity contribution in [1.82, 2.24) is 0 Å². The minimum atomic E-state index is -1.13. The third kappa shape index (κ3) is 4.39. The first kappa shape index (κ1) is 33.1. The lowest BCUT2D eigenvalue weighted by Crippen LogP contribution is -2.68. The number of carboxylic acids is 1. The number of carboxylic acid groups (broad SMARTS) is 1. The maximum absolute atomic E-state index is 13.1. The highest BCUT2D eigenvalue weighted by Crippen LogP contribution is 2.75. The highest BCUT2D eigenvalue weighted by Gasteiger charge is 2.70. The van der Waals surface area contributed by atoms with Gasteiger partial charge in [0.2, 0.25) is 0 Å². The summed E-state index contributed by atoms with van der Waals surface area (Å²) in [5, 5.41) is 63.0. The first-order valence-electron chi connectivity index (χ1n) is 17.0. The number of esters is 1. The fraction of sp³-hybridized carbons (Fsp3) is 0.730. The Morgan fingerprint density at radius 2 is 1.50 bits per heavy atom. The van der Waals surface area contributed by atoms with Gasteiger partial charge in [-0.3, -0.25) is 4.79 Å². The number of carbonyl (C=O) groups excluding carboxylic acids is 1. The molecule has 5 aliphatic carbocycles. The number of aliphatic hydroxyl groups excluding tert-OH is 2. The average molecular weight is 641 g/mol. The smallest absolute Gasteiger partial charge is 0.338 e. The van der Waals surface area contributed by atoms with Crippen molar-refractivity contribution in [2.75, 3.05) is 6.61 Å². The Bertz CT molecular complexity index is 1460. The van der Waals surface area contributed by atoms with Crippen molar-refractivity contribution in [3.05, 3.63) is 29.3 Å². The van der Waals surface area contributed by atoms with Crippen LogP contribution in [0.4, 0.5) is 0 Å². The van der Waals surface area contributed by atoms with Gasteiger partial charge in [-0.05, 0) is 109 Å². The van der Waals surface area contributed by atoms with E-state index in [2.05, 4.69) is 40.7 Å². The van der Waals surface area contributed by atoms with Crippen LogP contribution in [0.5, 0.6) is 17.2 Å². The number of carbonyl (C=O) groups is 2. The third-order valence-electron chi connectivity index (χ3n) is 14.6. The summed E-state index contributed by atoms with van der Waals surface area (Å²) in [6.45, 7) is 13.2. The summed E-state index contributed by atoms with van der Waals surface area (Å²) in [5.74, 6) is -3.44. The summed E-state index contributed by atoms with van der Waals surface area (Å²) in [5.41, 5.74) is -1.20. The molecule has 0 saturated heterocycles. The standard InChI is InChI=1S/C37H52O9/c1-32(2)11-13-37(31(44)45)14-12-35(5)21(22(37)17-32)7-8-27-33(3)18-25(40)29(42)34(4,26(33)9-10-36(27,35)6)19-46-30(43)20-15-23(38)28(41)24(39)16-20/h7,15-16,22,25-27,29,38-42H,8-14,17-19H2,1-6H3,(H,44,45)/t22-,25-,26-,27-,29+,33+,34+,35-,36-,37+/m1/s1. The first-order chi connectivity index (χ1) is 21.3. The molecule has 4 saturated carbocycles. The zero-order valence-corrected chi connectivity index (χ0v) is 28.1. The molecule has 1 aromatic rings. The molecule has 6 rings (SSSR count). The van der Waals surface area contributed by atoms with Gasteiger partial charge in [-0.25, -0.2) is 4.79 Å². The van der Waals surface area contributed by atoms with Crippen LogP contribution in [0.2, 0.25) is 0 Å². The maximum atomic E-state index is 13.1. The number of phenols is 3. The Kier molecular flexibility index (Phi) is 7.46. The van der Waals surface area contributed by atoms with Gasteiger partial charge >= 0.3 is 11.9 Å². The van der Waals surface area contributed by atoms with Crippen LogP contribution in [0.3, 0.4) is 0 Å². The topological polar surface area (TPSA) is 165 Å². The van der Waals surface area contributed by atoms with E-state index in [0.29, 0.717) is 19.3 Å². The quantitative estimate of drug-likeness (QED) is 0.128. The molecule has 0 spiro atoms. The number of phenolic OH excluding ortho intramolecular Hbond substituents is 3. The van der Waals surface area contributed by atoms with E-state index in [1.54, 1.807) is 0 Å². The van der Waals surface area contributed by atoms with Crippen molar-refractivity contribution < 1.29 is 45.0 Å². The third-order valence-corrected chi connectivity index (χ3v) is 14.6. The summed E-state index contributed by atoms with van der Waals surface area (Å²) in [6, 6.07) is 2.04. The van der Waals surface area contributed by atoms with Crippen molar-refractivity contribution in [2.24, 2.45) is 50.2 Å². The molecular formula is C37H52O9. The second-order valence-electron chi connectivity index (χ2n) is 17.3. The Balaban J connectivity index is 1.34. The highest BCUT2D eigenvalue weighted by molar-refractivity contribution is 5.91. The lowest BCUT2D eigenvalue weighted by Gasteiger charge is -2.71. The van der Waals surface area contributed by atoms with Crippen molar-refractivity contribution in [1.29, 1.82) is 0 Å². The normalized spacial score (nSPS) is 44.4. The molecule has 9 nitrogen and oxygen atoms in total. The molecule has 6 N–H and O–H groups in total. The van der Waals surface area contributed by atoms with Crippen LogP contribution < -0.4 is 0 Å². The fourth-order valence-corrected chi connectivity index (χ4v) is 11.8. The Labute approximate surface area is 271 Å². The maximum Gasteiger partial charge on any atom is 0.338 e. The van der Waals surface area contributed by atoms with E-state index in [4.69, 9.17) is 4.74 Å². The zero-order chi connectivity index (χ0) is 33.8. The number of allylic oxidation sites excluding steroid dienone is 2. The lowest BCUT2D eigenvalue weighted by atomic mass is 9.33. The van der Waals surface area contributed by atoms with Crippen LogP contribution in [0, 0.1) is 50.2 Å². The summed E-state index contributed by atoms with van der Waals surface area (Å²) >= 11 is 0. The van der Waals surface area contributed by atoms with E-state index in [1.165, 1.54) is 5.57 Å². The molecule has 0 heterocycles. The van der Waals surface area contributed by atoms with E-state index in [9.17, 15) is 40.2 Å². The van der Waals surface area contributed by atoms with E-state index in [0.717, 1.165) is 50.7 Å². The van der Waals surface area contributed by atoms with Crippen LogP contribution in [-0.2, 0) is 9.53 Å². The molecule has 254 valence electrons. The van der Waals surface area contributed by atoms with Crippen LogP contribution in [0.15, 0.2) is 23.8 Å². The minimum Gasteiger partial charge on any atom is -0.504 e. The summed E-state index contributed by atoms with van der Waals surface area (Å²) < 4.78 is 5.73. The lowest BCUT2D eigenvalue weighted by molar-refractivity contribution is -0.243. The molecule has 0 amide bonds. The Morgan fingerprint density at radius 1 is 0.870 bits per heavy atom. The SMILES string of the molecule is CC1(C)CC[C@]2(C(=O)O)CC[C@]3(C)C(=CC[C@@H]4[C@@]5(C)C[C@@H](O)[C@H](O)[C@@](C)(COC(=O)c6cc(O)c(O)c(O)c6)[C@@H]5CC[C@]43C)[C@H]2C1. The molecule has 9 heteroatoms. The second-order valence-corrected chi connectivity index (χ2v) is 17.3. The molecule has 0 radical (unpaired) electrons. The molecule has 0 bridgehead atoms. The second kappa shape index (κ2) is 10.4. The summed E-state index contributed by atoms with van der Waals surface area (Å²) in [6.07, 6.45) is 6.97. The van der Waals surface area contributed by atoms with Crippen molar-refractivity contribution in [3.63, 3.8) is 0 Å². The van der Waals surface area contributed by atoms with Crippen molar-refractivity contribution in [2.45, 2.75) is 112 Å². The number of hydrogen-bond donors (Lipinski definition) is 6.